The van der Waals surface area contributed by atoms with Gasteiger partial charge in [-0.2, -0.15) is 0 Å². The van der Waals surface area contributed by atoms with Crippen molar-refractivity contribution in [3.05, 3.63) is 33.6 Å². The first kappa shape index (κ1) is 15.1. The van der Waals surface area contributed by atoms with E-state index in [0.717, 1.165) is 0 Å². The van der Waals surface area contributed by atoms with Gasteiger partial charge in [0.1, 0.15) is 0 Å². The second-order valence-corrected chi connectivity index (χ2v) is 6.02. The Morgan fingerprint density at radius 3 is 2.28 bits per heavy atom. The summed E-state index contributed by atoms with van der Waals surface area (Å²) < 4.78 is 5.07. The number of ether oxygens (including phenoxy) is 1. The Labute approximate surface area is 114 Å². The van der Waals surface area contributed by atoms with Gasteiger partial charge in [-0.05, 0) is 40.7 Å². The normalized spacial score (nSPS) is 16.1. The zero-order chi connectivity index (χ0) is 13.7. The van der Waals surface area contributed by atoms with Crippen LogP contribution in [0.1, 0.15) is 34.6 Å². The van der Waals surface area contributed by atoms with Gasteiger partial charge in [-0.15, -0.1) is 0 Å². The topological polar surface area (TPSA) is 26.3 Å². The molecular weight excluding hydrogens is 244 g/mol. The lowest BCUT2D eigenvalue weighted by Crippen LogP contribution is -2.06. The highest BCUT2D eigenvalue weighted by Crippen LogP contribution is 2.37. The molecule has 0 fully saturated rings. The van der Waals surface area contributed by atoms with E-state index in [1.165, 1.54) is 9.81 Å². The summed E-state index contributed by atoms with van der Waals surface area (Å²) in [5.41, 5.74) is 0.642. The highest BCUT2D eigenvalue weighted by molar-refractivity contribution is 8.06. The van der Waals surface area contributed by atoms with Crippen LogP contribution in [0.2, 0.25) is 0 Å². The Morgan fingerprint density at radius 1 is 1.17 bits per heavy atom. The molecule has 0 aromatic rings. The minimum Gasteiger partial charge on any atom is -0.462 e. The summed E-state index contributed by atoms with van der Waals surface area (Å²) in [7, 11) is 0. The third-order valence-electron chi connectivity index (χ3n) is 2.61. The van der Waals surface area contributed by atoms with Crippen LogP contribution in [0.3, 0.4) is 0 Å². The largest absolute Gasteiger partial charge is 0.462 e. The fraction of sp³-hybridized carbons (Fsp3) is 0.533. The van der Waals surface area contributed by atoms with E-state index >= 15 is 0 Å². The molecule has 100 valence electrons. The molecule has 2 nitrogen and oxygen atoms in total. The van der Waals surface area contributed by atoms with Crippen LogP contribution in [0.4, 0.5) is 0 Å². The maximum absolute atomic E-state index is 11.8. The number of carbonyl (C=O) groups excluding carboxylic acids is 1. The average Bonchev–Trinajstić information content (AvgIpc) is 2.51. The quantitative estimate of drug-likeness (QED) is 0.710. The standard InChI is InChI=1S/C15H22O2S/c1-6-17-15(16)12-7-8-13(10(2)3)18-14(9-12)11(4)5/h7-11H,6H2,1-5H3. The van der Waals surface area contributed by atoms with Gasteiger partial charge in [0.2, 0.25) is 0 Å². The maximum Gasteiger partial charge on any atom is 0.338 e. The summed E-state index contributed by atoms with van der Waals surface area (Å²) in [6.07, 6.45) is 5.86. The van der Waals surface area contributed by atoms with Gasteiger partial charge in [0.25, 0.3) is 0 Å². The number of carbonyl (C=O) groups is 1. The zero-order valence-electron chi connectivity index (χ0n) is 11.8. The van der Waals surface area contributed by atoms with Gasteiger partial charge in [-0.1, -0.05) is 45.5 Å². The van der Waals surface area contributed by atoms with Crippen molar-refractivity contribution < 1.29 is 9.53 Å². The minimum atomic E-state index is -0.238. The third-order valence-corrected chi connectivity index (χ3v) is 4.28. The summed E-state index contributed by atoms with van der Waals surface area (Å²) in [6, 6.07) is 0. The van der Waals surface area contributed by atoms with E-state index in [2.05, 4.69) is 27.7 Å². The number of rotatable bonds is 4. The minimum absolute atomic E-state index is 0.238. The molecule has 0 aliphatic carbocycles. The van der Waals surface area contributed by atoms with E-state index in [9.17, 15) is 4.79 Å². The Morgan fingerprint density at radius 2 is 1.78 bits per heavy atom. The number of allylic oxidation sites excluding steroid dienone is 4. The van der Waals surface area contributed by atoms with Crippen molar-refractivity contribution in [2.75, 3.05) is 6.61 Å². The summed E-state index contributed by atoms with van der Waals surface area (Å²) in [5.74, 6) is 0.639. The van der Waals surface area contributed by atoms with Gasteiger partial charge < -0.3 is 4.74 Å². The molecule has 0 aromatic carbocycles. The van der Waals surface area contributed by atoms with Crippen LogP contribution in [0.5, 0.6) is 0 Å². The predicted molar refractivity (Wildman–Crippen MR) is 78.1 cm³/mol. The Balaban J connectivity index is 3.07. The van der Waals surface area contributed by atoms with Crippen molar-refractivity contribution in [1.29, 1.82) is 0 Å². The maximum atomic E-state index is 11.8. The SMILES string of the molecule is CCOC(=O)C1=CC=C(C(C)C)SC(C(C)C)=C1. The molecule has 0 amide bonds. The van der Waals surface area contributed by atoms with Crippen LogP contribution in [-0.2, 0) is 9.53 Å². The first-order valence-electron chi connectivity index (χ1n) is 6.44. The molecule has 0 spiro atoms. The van der Waals surface area contributed by atoms with Crippen molar-refractivity contribution in [3.8, 4) is 0 Å². The van der Waals surface area contributed by atoms with Gasteiger partial charge in [0.05, 0.1) is 12.2 Å². The van der Waals surface area contributed by atoms with Gasteiger partial charge >= 0.3 is 5.97 Å². The fourth-order valence-corrected chi connectivity index (χ4v) is 2.57. The second-order valence-electron chi connectivity index (χ2n) is 4.87. The van der Waals surface area contributed by atoms with Crippen molar-refractivity contribution >= 4 is 17.7 Å². The van der Waals surface area contributed by atoms with Crippen molar-refractivity contribution in [2.45, 2.75) is 34.6 Å². The van der Waals surface area contributed by atoms with Crippen molar-refractivity contribution in [2.24, 2.45) is 11.8 Å². The highest BCUT2D eigenvalue weighted by Gasteiger charge is 2.17. The molecule has 0 saturated carbocycles. The highest BCUT2D eigenvalue weighted by atomic mass is 32.2. The van der Waals surface area contributed by atoms with Gasteiger partial charge in [0, 0.05) is 0 Å². The molecule has 0 saturated heterocycles. The molecule has 1 rings (SSSR count). The lowest BCUT2D eigenvalue weighted by atomic mass is 10.1. The lowest BCUT2D eigenvalue weighted by molar-refractivity contribution is -0.138. The van der Waals surface area contributed by atoms with Crippen LogP contribution in [0.25, 0.3) is 0 Å². The molecular formula is C15H22O2S. The number of hydrogen-bond acceptors (Lipinski definition) is 3. The monoisotopic (exact) mass is 266 g/mol. The molecule has 3 heteroatoms. The van der Waals surface area contributed by atoms with E-state index in [4.69, 9.17) is 4.74 Å². The van der Waals surface area contributed by atoms with Crippen molar-refractivity contribution in [3.63, 3.8) is 0 Å². The number of thioether (sulfide) groups is 1. The fourth-order valence-electron chi connectivity index (χ4n) is 1.51. The molecule has 0 unspecified atom stereocenters. The van der Waals surface area contributed by atoms with E-state index in [0.29, 0.717) is 24.0 Å². The first-order valence-corrected chi connectivity index (χ1v) is 7.25. The second kappa shape index (κ2) is 6.83. The summed E-state index contributed by atoms with van der Waals surface area (Å²) in [5, 5.41) is 0. The molecule has 0 bridgehead atoms. The Hall–Kier alpha value is -0.960. The van der Waals surface area contributed by atoms with Crippen molar-refractivity contribution in [1.82, 2.24) is 0 Å². The van der Waals surface area contributed by atoms with E-state index < -0.39 is 0 Å². The summed E-state index contributed by atoms with van der Waals surface area (Å²) in [4.78, 5) is 14.3. The van der Waals surface area contributed by atoms with Crippen LogP contribution < -0.4 is 0 Å². The third kappa shape index (κ3) is 4.05. The Bertz CT molecular complexity index is 401. The molecule has 1 heterocycles. The average molecular weight is 266 g/mol. The first-order chi connectivity index (χ1) is 8.45. The van der Waals surface area contributed by atoms with Crippen LogP contribution >= 0.6 is 11.8 Å². The summed E-state index contributed by atoms with van der Waals surface area (Å²) >= 11 is 1.77. The van der Waals surface area contributed by atoms with Gasteiger partial charge in [0.15, 0.2) is 0 Å². The van der Waals surface area contributed by atoms with Gasteiger partial charge in [-0.3, -0.25) is 0 Å². The molecule has 0 aromatic heterocycles. The molecule has 18 heavy (non-hydrogen) atoms. The smallest absolute Gasteiger partial charge is 0.338 e. The predicted octanol–water partition coefficient (Wildman–Crippen LogP) is 4.30. The molecule has 0 N–H and O–H groups in total. The molecule has 1 aliphatic heterocycles. The number of hydrogen-bond donors (Lipinski definition) is 0. The van der Waals surface area contributed by atoms with Crippen LogP contribution in [-0.4, -0.2) is 12.6 Å². The number of esters is 1. The van der Waals surface area contributed by atoms with E-state index in [1.807, 2.05) is 25.2 Å². The van der Waals surface area contributed by atoms with E-state index in [1.54, 1.807) is 11.8 Å². The van der Waals surface area contributed by atoms with Gasteiger partial charge in [-0.25, -0.2) is 4.79 Å². The molecule has 0 atom stereocenters. The lowest BCUT2D eigenvalue weighted by Gasteiger charge is -2.14. The molecule has 0 radical (unpaired) electrons. The van der Waals surface area contributed by atoms with Crippen LogP contribution in [0, 0.1) is 11.8 Å². The zero-order valence-corrected chi connectivity index (χ0v) is 12.6. The Kier molecular flexibility index (Phi) is 5.73. The van der Waals surface area contributed by atoms with E-state index in [-0.39, 0.29) is 5.97 Å². The summed E-state index contributed by atoms with van der Waals surface area (Å²) in [6.45, 7) is 10.9. The van der Waals surface area contributed by atoms with Crippen LogP contribution in [0.15, 0.2) is 33.6 Å². The molecule has 1 aliphatic rings.